The molecule has 2 N–H and O–H groups in total. The Labute approximate surface area is 173 Å². The summed E-state index contributed by atoms with van der Waals surface area (Å²) in [6.45, 7) is 0. The van der Waals surface area contributed by atoms with Crippen molar-refractivity contribution in [3.05, 3.63) is 88.5 Å². The van der Waals surface area contributed by atoms with E-state index in [0.717, 1.165) is 9.88 Å². The molecule has 0 saturated heterocycles. The first-order valence-electron chi connectivity index (χ1n) is 8.56. The zero-order valence-corrected chi connectivity index (χ0v) is 16.5. The molecule has 0 fully saturated rings. The molecule has 2 heterocycles. The molecule has 2 aromatic heterocycles. The van der Waals surface area contributed by atoms with Gasteiger partial charge >= 0.3 is 0 Å². The monoisotopic (exact) mass is 423 g/mol. The second kappa shape index (κ2) is 8.34. The molecule has 0 unspecified atom stereocenters. The lowest BCUT2D eigenvalue weighted by Crippen LogP contribution is -2.14. The predicted octanol–water partition coefficient (Wildman–Crippen LogP) is 5.52. The van der Waals surface area contributed by atoms with Crippen LogP contribution in [0.5, 0.6) is 0 Å². The van der Waals surface area contributed by atoms with Gasteiger partial charge in [0.05, 0.1) is 11.1 Å². The fourth-order valence-electron chi connectivity index (χ4n) is 2.59. The Kier molecular flexibility index (Phi) is 5.46. The summed E-state index contributed by atoms with van der Waals surface area (Å²) >= 11 is 2.86. The van der Waals surface area contributed by atoms with E-state index in [1.165, 1.54) is 35.7 Å². The maximum atomic E-state index is 13.3. The van der Waals surface area contributed by atoms with Gasteiger partial charge in [-0.2, -0.15) is 0 Å². The Morgan fingerprint density at radius 2 is 1.66 bits per heavy atom. The zero-order chi connectivity index (χ0) is 20.2. The van der Waals surface area contributed by atoms with Gasteiger partial charge in [-0.05, 0) is 47.8 Å². The molecule has 29 heavy (non-hydrogen) atoms. The third-order valence-corrected chi connectivity index (χ3v) is 5.96. The molecular weight excluding hydrogens is 409 g/mol. The number of carbonyl (C=O) groups is 2. The first-order chi connectivity index (χ1) is 14.1. The van der Waals surface area contributed by atoms with Crippen molar-refractivity contribution in [2.75, 3.05) is 10.6 Å². The Morgan fingerprint density at radius 3 is 2.41 bits per heavy atom. The highest BCUT2D eigenvalue weighted by atomic mass is 32.1. The normalized spacial score (nSPS) is 10.5. The van der Waals surface area contributed by atoms with E-state index in [-0.39, 0.29) is 5.91 Å². The van der Waals surface area contributed by atoms with Crippen LogP contribution in [0.3, 0.4) is 0 Å². The van der Waals surface area contributed by atoms with Crippen molar-refractivity contribution >= 4 is 45.9 Å². The molecule has 2 aromatic carbocycles. The molecule has 0 spiro atoms. The fourth-order valence-corrected chi connectivity index (χ4v) is 4.21. The van der Waals surface area contributed by atoms with Gasteiger partial charge in [0.2, 0.25) is 0 Å². The third kappa shape index (κ3) is 4.56. The van der Waals surface area contributed by atoms with Gasteiger partial charge < -0.3 is 10.6 Å². The van der Waals surface area contributed by atoms with E-state index in [1.807, 2.05) is 17.5 Å². The summed E-state index contributed by atoms with van der Waals surface area (Å²) in [5.74, 6) is -1.13. The number of hydrogen-bond acceptors (Lipinski definition) is 5. The summed E-state index contributed by atoms with van der Waals surface area (Å²) in [4.78, 5) is 30.7. The number of carbonyl (C=O) groups excluding carboxylic acids is 2. The van der Waals surface area contributed by atoms with Crippen LogP contribution in [-0.4, -0.2) is 16.8 Å². The number of halogens is 1. The quantitative estimate of drug-likeness (QED) is 0.444. The van der Waals surface area contributed by atoms with Crippen LogP contribution in [0.2, 0.25) is 0 Å². The molecule has 0 aliphatic carbocycles. The van der Waals surface area contributed by atoms with E-state index in [0.29, 0.717) is 21.8 Å². The molecule has 4 aromatic rings. The van der Waals surface area contributed by atoms with Crippen molar-refractivity contribution in [2.24, 2.45) is 0 Å². The standard InChI is InChI=1S/C21H14FN3O2S2/c22-14-5-2-7-16(11-14)24-19(26)13-4-1-6-15(10-13)25-20(27)18-12-23-21(29-18)17-8-3-9-28-17/h1-12H,(H,24,26)(H,25,27). The minimum atomic E-state index is -0.435. The maximum absolute atomic E-state index is 13.3. The van der Waals surface area contributed by atoms with Crippen LogP contribution in [0.1, 0.15) is 20.0 Å². The summed E-state index contributed by atoms with van der Waals surface area (Å²) in [5, 5.41) is 8.15. The van der Waals surface area contributed by atoms with Crippen molar-refractivity contribution < 1.29 is 14.0 Å². The molecule has 0 bridgehead atoms. The number of nitrogens with zero attached hydrogens (tertiary/aromatic N) is 1. The molecular formula is C21H14FN3O2S2. The van der Waals surface area contributed by atoms with Gasteiger partial charge in [0.25, 0.3) is 11.8 Å². The van der Waals surface area contributed by atoms with Crippen LogP contribution in [0.25, 0.3) is 9.88 Å². The zero-order valence-electron chi connectivity index (χ0n) is 14.9. The van der Waals surface area contributed by atoms with E-state index in [4.69, 9.17) is 0 Å². The largest absolute Gasteiger partial charge is 0.322 e. The predicted molar refractivity (Wildman–Crippen MR) is 114 cm³/mol. The maximum Gasteiger partial charge on any atom is 0.267 e. The number of anilines is 2. The van der Waals surface area contributed by atoms with Gasteiger partial charge in [0, 0.05) is 16.9 Å². The summed E-state index contributed by atoms with van der Waals surface area (Å²) in [7, 11) is 0. The van der Waals surface area contributed by atoms with Crippen LogP contribution in [-0.2, 0) is 0 Å². The number of thiazole rings is 1. The number of hydrogen-bond donors (Lipinski definition) is 2. The highest BCUT2D eigenvalue weighted by Crippen LogP contribution is 2.29. The summed E-state index contributed by atoms with van der Waals surface area (Å²) < 4.78 is 13.3. The molecule has 0 atom stereocenters. The summed E-state index contributed by atoms with van der Waals surface area (Å²) in [6.07, 6.45) is 1.54. The third-order valence-electron chi connectivity index (χ3n) is 3.93. The van der Waals surface area contributed by atoms with Crippen molar-refractivity contribution in [3.8, 4) is 9.88 Å². The lowest BCUT2D eigenvalue weighted by Gasteiger charge is -2.08. The highest BCUT2D eigenvalue weighted by Gasteiger charge is 2.14. The average molecular weight is 423 g/mol. The topological polar surface area (TPSA) is 71.1 Å². The van der Waals surface area contributed by atoms with Crippen LogP contribution >= 0.6 is 22.7 Å². The van der Waals surface area contributed by atoms with Crippen molar-refractivity contribution in [1.29, 1.82) is 0 Å². The van der Waals surface area contributed by atoms with E-state index in [2.05, 4.69) is 15.6 Å². The van der Waals surface area contributed by atoms with Gasteiger partial charge in [-0.3, -0.25) is 9.59 Å². The van der Waals surface area contributed by atoms with Gasteiger partial charge in [-0.15, -0.1) is 22.7 Å². The Morgan fingerprint density at radius 1 is 0.897 bits per heavy atom. The average Bonchev–Trinajstić information content (AvgIpc) is 3.40. The second-order valence-electron chi connectivity index (χ2n) is 6.01. The highest BCUT2D eigenvalue weighted by molar-refractivity contribution is 7.22. The van der Waals surface area contributed by atoms with Crippen molar-refractivity contribution in [1.82, 2.24) is 4.98 Å². The van der Waals surface area contributed by atoms with Crippen LogP contribution in [0, 0.1) is 5.82 Å². The molecule has 0 radical (unpaired) electrons. The number of aromatic nitrogens is 1. The fraction of sp³-hybridized carbons (Fsp3) is 0. The van der Waals surface area contributed by atoms with Crippen LogP contribution in [0.4, 0.5) is 15.8 Å². The van der Waals surface area contributed by atoms with E-state index in [9.17, 15) is 14.0 Å². The van der Waals surface area contributed by atoms with E-state index >= 15 is 0 Å². The molecule has 144 valence electrons. The first kappa shape index (κ1) is 19.0. The lowest BCUT2D eigenvalue weighted by molar-refractivity contribution is 0.101. The molecule has 2 amide bonds. The van der Waals surface area contributed by atoms with E-state index < -0.39 is 11.7 Å². The Hall–Kier alpha value is -3.36. The minimum absolute atomic E-state index is 0.298. The number of benzene rings is 2. The van der Waals surface area contributed by atoms with Crippen LogP contribution in [0.15, 0.2) is 72.2 Å². The molecule has 8 heteroatoms. The number of thiophene rings is 1. The summed E-state index contributed by atoms with van der Waals surface area (Å²) in [5.41, 5.74) is 1.18. The van der Waals surface area contributed by atoms with Crippen molar-refractivity contribution in [3.63, 3.8) is 0 Å². The van der Waals surface area contributed by atoms with Crippen molar-refractivity contribution in [2.45, 2.75) is 0 Å². The minimum Gasteiger partial charge on any atom is -0.322 e. The SMILES string of the molecule is O=C(Nc1cccc(F)c1)c1cccc(NC(=O)c2cnc(-c3cccs3)s2)c1. The molecule has 0 aliphatic rings. The summed E-state index contributed by atoms with van der Waals surface area (Å²) in [6, 6.07) is 16.1. The molecule has 4 rings (SSSR count). The molecule has 5 nitrogen and oxygen atoms in total. The molecule has 0 aliphatic heterocycles. The second-order valence-corrected chi connectivity index (χ2v) is 7.98. The number of amides is 2. The lowest BCUT2D eigenvalue weighted by atomic mass is 10.1. The Bertz CT molecular complexity index is 1170. The smallest absolute Gasteiger partial charge is 0.267 e. The van der Waals surface area contributed by atoms with Crippen LogP contribution < -0.4 is 10.6 Å². The van der Waals surface area contributed by atoms with Gasteiger partial charge in [-0.1, -0.05) is 18.2 Å². The number of rotatable bonds is 5. The van der Waals surface area contributed by atoms with Gasteiger partial charge in [0.1, 0.15) is 15.7 Å². The first-order valence-corrected chi connectivity index (χ1v) is 10.3. The van der Waals surface area contributed by atoms with E-state index in [1.54, 1.807) is 41.7 Å². The van der Waals surface area contributed by atoms with Gasteiger partial charge in [-0.25, -0.2) is 9.37 Å². The molecule has 0 saturated carbocycles. The van der Waals surface area contributed by atoms with Gasteiger partial charge in [0.15, 0.2) is 0 Å². The Balaban J connectivity index is 1.46. The number of nitrogens with one attached hydrogen (secondary N) is 2.